The first-order chi connectivity index (χ1) is 14.6. The van der Waals surface area contributed by atoms with Crippen LogP contribution in [0.4, 0.5) is 0 Å². The van der Waals surface area contributed by atoms with E-state index in [-0.39, 0.29) is 5.91 Å². The van der Waals surface area contributed by atoms with Crippen LogP contribution >= 0.6 is 0 Å². The lowest BCUT2D eigenvalue weighted by Crippen LogP contribution is -2.30. The molecule has 1 aliphatic carbocycles. The zero-order valence-corrected chi connectivity index (χ0v) is 17.0. The van der Waals surface area contributed by atoms with Gasteiger partial charge in [-0.2, -0.15) is 5.10 Å². The Morgan fingerprint density at radius 2 is 1.53 bits per heavy atom. The van der Waals surface area contributed by atoms with Gasteiger partial charge in [0.1, 0.15) is 11.5 Å². The number of benzene rings is 2. The molecule has 152 valence electrons. The highest BCUT2D eigenvalue weighted by molar-refractivity contribution is 5.97. The van der Waals surface area contributed by atoms with E-state index in [1.807, 2.05) is 30.3 Å². The van der Waals surface area contributed by atoms with Crippen LogP contribution in [0.5, 0.6) is 11.5 Å². The van der Waals surface area contributed by atoms with Gasteiger partial charge in [0.2, 0.25) is 0 Å². The number of nitrogens with one attached hydrogen (secondary N) is 1. The fraction of sp³-hybridized carbons (Fsp3) is 0.250. The van der Waals surface area contributed by atoms with E-state index in [1.165, 1.54) is 0 Å². The van der Waals surface area contributed by atoms with E-state index < -0.39 is 5.41 Å². The molecule has 1 N–H and O–H groups in total. The monoisotopic (exact) mass is 401 g/mol. The van der Waals surface area contributed by atoms with E-state index in [0.29, 0.717) is 12.1 Å². The van der Waals surface area contributed by atoms with Crippen molar-refractivity contribution in [3.8, 4) is 11.5 Å². The second-order valence-electron chi connectivity index (χ2n) is 7.70. The largest absolute Gasteiger partial charge is 0.497 e. The van der Waals surface area contributed by atoms with Crippen molar-refractivity contribution in [2.45, 2.75) is 11.8 Å². The third-order valence-electron chi connectivity index (χ3n) is 6.02. The lowest BCUT2D eigenvalue weighted by atomic mass is 9.68. The lowest BCUT2D eigenvalue weighted by molar-refractivity contribution is 0.0880. The quantitative estimate of drug-likeness (QED) is 0.665. The normalized spacial score (nSPS) is 16.1. The zero-order valence-electron chi connectivity index (χ0n) is 17.0. The van der Waals surface area contributed by atoms with Gasteiger partial charge in [-0.05, 0) is 35.4 Å². The molecule has 2 aromatic carbocycles. The number of hydrogen-bond donors (Lipinski definition) is 1. The first kappa shape index (κ1) is 18.5. The fourth-order valence-corrected chi connectivity index (χ4v) is 4.17. The van der Waals surface area contributed by atoms with Gasteiger partial charge in [0.25, 0.3) is 5.91 Å². The Bertz CT molecular complexity index is 1060. The van der Waals surface area contributed by atoms with E-state index >= 15 is 0 Å². The molecule has 1 fully saturated rings. The van der Waals surface area contributed by atoms with Gasteiger partial charge >= 0.3 is 0 Å². The van der Waals surface area contributed by atoms with Gasteiger partial charge < -0.3 is 14.4 Å². The summed E-state index contributed by atoms with van der Waals surface area (Å²) in [6.07, 6.45) is 4.90. The summed E-state index contributed by atoms with van der Waals surface area (Å²) in [5.41, 5.74) is 4.27. The molecule has 5 rings (SSSR count). The number of amides is 1. The molecule has 0 bridgehead atoms. The molecule has 0 saturated carbocycles. The molecule has 2 heterocycles. The first-order valence-corrected chi connectivity index (χ1v) is 9.99. The van der Waals surface area contributed by atoms with Crippen molar-refractivity contribution in [3.63, 3.8) is 0 Å². The minimum absolute atomic E-state index is 0.00135. The molecule has 1 saturated heterocycles. The van der Waals surface area contributed by atoms with Crippen LogP contribution in [0.2, 0.25) is 0 Å². The Morgan fingerprint density at radius 3 is 2.03 bits per heavy atom. The maximum atomic E-state index is 12.6. The molecule has 30 heavy (non-hydrogen) atoms. The van der Waals surface area contributed by atoms with Gasteiger partial charge in [-0.3, -0.25) is 9.89 Å². The number of nitrogens with zero attached hydrogens (tertiary/aromatic N) is 2. The van der Waals surface area contributed by atoms with Crippen molar-refractivity contribution in [2.75, 3.05) is 27.3 Å². The number of ether oxygens (including phenoxy) is 2. The number of carbonyl (C=O) groups is 1. The summed E-state index contributed by atoms with van der Waals surface area (Å²) in [5.74, 6) is 1.63. The predicted molar refractivity (Wildman–Crippen MR) is 114 cm³/mol. The Morgan fingerprint density at radius 1 is 0.967 bits per heavy atom. The second kappa shape index (κ2) is 7.06. The number of aromatic nitrogens is 2. The summed E-state index contributed by atoms with van der Waals surface area (Å²) >= 11 is 0. The van der Waals surface area contributed by atoms with Crippen LogP contribution in [0.1, 0.15) is 32.9 Å². The van der Waals surface area contributed by atoms with E-state index in [4.69, 9.17) is 9.47 Å². The van der Waals surface area contributed by atoms with E-state index in [0.717, 1.165) is 47.0 Å². The SMILES string of the molecule is COc1ccc(C2(c3ccc(OC)cc3)C=Cc3c(C(=O)N4CC4)n[nH]c3C2)cc1. The van der Waals surface area contributed by atoms with Crippen molar-refractivity contribution >= 4 is 12.0 Å². The van der Waals surface area contributed by atoms with Crippen molar-refractivity contribution in [1.82, 2.24) is 15.1 Å². The minimum atomic E-state index is -0.391. The number of H-pyrrole nitrogens is 1. The van der Waals surface area contributed by atoms with Gasteiger partial charge in [0.05, 0.1) is 14.2 Å². The predicted octanol–water partition coefficient (Wildman–Crippen LogP) is 3.44. The van der Waals surface area contributed by atoms with E-state index in [9.17, 15) is 4.79 Å². The van der Waals surface area contributed by atoms with Crippen molar-refractivity contribution < 1.29 is 14.3 Å². The number of fused-ring (bicyclic) bond motifs is 1. The Kier molecular flexibility index (Phi) is 4.35. The smallest absolute Gasteiger partial charge is 0.275 e. The topological polar surface area (TPSA) is 67.2 Å². The fourth-order valence-electron chi connectivity index (χ4n) is 4.17. The van der Waals surface area contributed by atoms with Gasteiger partial charge in [-0.15, -0.1) is 0 Å². The molecule has 0 atom stereocenters. The highest BCUT2D eigenvalue weighted by atomic mass is 16.5. The van der Waals surface area contributed by atoms with Crippen molar-refractivity contribution in [2.24, 2.45) is 0 Å². The van der Waals surface area contributed by atoms with Crippen molar-refractivity contribution in [1.29, 1.82) is 0 Å². The molecule has 0 spiro atoms. The summed E-state index contributed by atoms with van der Waals surface area (Å²) in [6, 6.07) is 16.3. The average molecular weight is 401 g/mol. The molecule has 0 radical (unpaired) electrons. The van der Waals surface area contributed by atoms with Crippen LogP contribution in [0, 0.1) is 0 Å². The average Bonchev–Trinajstić information content (AvgIpc) is 3.58. The van der Waals surface area contributed by atoms with E-state index in [2.05, 4.69) is 40.5 Å². The molecule has 6 heteroatoms. The van der Waals surface area contributed by atoms with Crippen molar-refractivity contribution in [3.05, 3.63) is 82.7 Å². The lowest BCUT2D eigenvalue weighted by Gasteiger charge is -2.34. The van der Waals surface area contributed by atoms with Crippen LogP contribution in [-0.2, 0) is 11.8 Å². The summed E-state index contributed by atoms with van der Waals surface area (Å²) in [5, 5.41) is 7.49. The number of aromatic amines is 1. The molecule has 1 amide bonds. The summed E-state index contributed by atoms with van der Waals surface area (Å²) in [4.78, 5) is 14.4. The van der Waals surface area contributed by atoms with Gasteiger partial charge in [-0.25, -0.2) is 0 Å². The Labute approximate surface area is 175 Å². The maximum absolute atomic E-state index is 12.6. The van der Waals surface area contributed by atoms with Gasteiger partial charge in [0.15, 0.2) is 5.69 Å². The highest BCUT2D eigenvalue weighted by Gasteiger charge is 2.38. The molecular formula is C24H23N3O3. The summed E-state index contributed by atoms with van der Waals surface area (Å²) in [6.45, 7) is 1.62. The number of methoxy groups -OCH3 is 2. The van der Waals surface area contributed by atoms with Gasteiger partial charge in [0, 0.05) is 36.2 Å². The standard InChI is InChI=1S/C24H23N3O3/c1-29-18-7-3-16(4-8-18)24(17-5-9-19(30-2)10-6-17)12-11-20-21(15-24)25-26-22(20)23(28)27-13-14-27/h3-12H,13-15H2,1-2H3,(H,25,26). The Balaban J connectivity index is 1.60. The van der Waals surface area contributed by atoms with Crippen LogP contribution in [0.15, 0.2) is 54.6 Å². The number of hydrogen-bond acceptors (Lipinski definition) is 4. The van der Waals surface area contributed by atoms with Crippen LogP contribution in [0.25, 0.3) is 6.08 Å². The van der Waals surface area contributed by atoms with Gasteiger partial charge in [-0.1, -0.05) is 36.4 Å². The first-order valence-electron chi connectivity index (χ1n) is 9.99. The van der Waals surface area contributed by atoms with E-state index in [1.54, 1.807) is 19.1 Å². The zero-order chi connectivity index (χ0) is 20.7. The minimum Gasteiger partial charge on any atom is -0.497 e. The summed E-state index contributed by atoms with van der Waals surface area (Å²) in [7, 11) is 3.33. The number of allylic oxidation sites excluding steroid dienone is 1. The third kappa shape index (κ3) is 2.96. The summed E-state index contributed by atoms with van der Waals surface area (Å²) < 4.78 is 10.7. The number of rotatable bonds is 5. The molecule has 2 aliphatic rings. The second-order valence-corrected chi connectivity index (χ2v) is 7.70. The highest BCUT2D eigenvalue weighted by Crippen LogP contribution is 2.42. The molecule has 6 nitrogen and oxygen atoms in total. The molecule has 1 aliphatic heterocycles. The number of carbonyl (C=O) groups excluding carboxylic acids is 1. The van der Waals surface area contributed by atoms with Crippen LogP contribution in [-0.4, -0.2) is 48.3 Å². The van der Waals surface area contributed by atoms with Crippen LogP contribution < -0.4 is 9.47 Å². The maximum Gasteiger partial charge on any atom is 0.275 e. The third-order valence-corrected chi connectivity index (χ3v) is 6.02. The molecule has 0 unspecified atom stereocenters. The molecule has 1 aromatic heterocycles. The molecule has 3 aromatic rings. The molecular weight excluding hydrogens is 378 g/mol. The van der Waals surface area contributed by atoms with Crippen LogP contribution in [0.3, 0.4) is 0 Å². The Hall–Kier alpha value is -3.54.